The van der Waals surface area contributed by atoms with E-state index < -0.39 is 31.4 Å². The van der Waals surface area contributed by atoms with Gasteiger partial charge in [-0.05, 0) is 31.1 Å². The van der Waals surface area contributed by atoms with E-state index in [0.29, 0.717) is 24.7 Å². The van der Waals surface area contributed by atoms with Gasteiger partial charge in [-0.1, -0.05) is 72.6 Å². The largest absolute Gasteiger partial charge is 0.411 e. The average molecular weight is 451 g/mol. The van der Waals surface area contributed by atoms with Gasteiger partial charge in [0, 0.05) is 6.42 Å². The maximum Gasteiger partial charge on any atom is 0.411 e. The molecule has 0 amide bonds. The first-order valence-corrected chi connectivity index (χ1v) is 11.0. The third-order valence-corrected chi connectivity index (χ3v) is 5.28. The molecule has 1 unspecified atom stereocenters. The van der Waals surface area contributed by atoms with Crippen LogP contribution in [0.4, 0.5) is 26.3 Å². The van der Waals surface area contributed by atoms with Crippen molar-refractivity contribution in [3.63, 3.8) is 0 Å². The lowest BCUT2D eigenvalue weighted by Crippen LogP contribution is -2.39. The number of hydrogen-bond donors (Lipinski definition) is 0. The molecular weight excluding hydrogens is 410 g/mol. The molecule has 0 fully saturated rings. The van der Waals surface area contributed by atoms with Gasteiger partial charge in [0.15, 0.2) is 5.79 Å². The highest BCUT2D eigenvalue weighted by Gasteiger charge is 2.38. The highest BCUT2D eigenvalue weighted by molar-refractivity contribution is 4.68. The first kappa shape index (κ1) is 29.5. The van der Waals surface area contributed by atoms with E-state index >= 15 is 0 Å². The van der Waals surface area contributed by atoms with Gasteiger partial charge in [0.2, 0.25) is 0 Å². The maximum absolute atomic E-state index is 12.4. The summed E-state index contributed by atoms with van der Waals surface area (Å²) in [7, 11) is 0. The first-order chi connectivity index (χ1) is 13.6. The molecule has 0 radical (unpaired) electrons. The van der Waals surface area contributed by atoms with Crippen LogP contribution in [0.5, 0.6) is 0 Å². The summed E-state index contributed by atoms with van der Waals surface area (Å²) in [6.07, 6.45) is -1.19. The van der Waals surface area contributed by atoms with E-state index in [2.05, 4.69) is 27.7 Å². The number of hydrogen-bond acceptors (Lipinski definition) is 2. The minimum absolute atomic E-state index is 0.0187. The van der Waals surface area contributed by atoms with Crippen LogP contribution in [0.1, 0.15) is 92.4 Å². The molecule has 0 aliphatic carbocycles. The fourth-order valence-corrected chi connectivity index (χ4v) is 3.40. The normalized spacial score (nSPS) is 15.6. The van der Waals surface area contributed by atoms with Gasteiger partial charge in [0.25, 0.3) is 0 Å². The van der Waals surface area contributed by atoms with Crippen molar-refractivity contribution in [2.75, 3.05) is 13.2 Å². The zero-order valence-corrected chi connectivity index (χ0v) is 19.1. The van der Waals surface area contributed by atoms with Gasteiger partial charge in [0.05, 0.1) is 0 Å². The van der Waals surface area contributed by atoms with Crippen LogP contribution in [0.2, 0.25) is 0 Å². The van der Waals surface area contributed by atoms with Crippen molar-refractivity contribution >= 4 is 0 Å². The van der Waals surface area contributed by atoms with Crippen LogP contribution in [0.15, 0.2) is 0 Å². The van der Waals surface area contributed by atoms with E-state index in [9.17, 15) is 26.3 Å². The number of ether oxygens (including phenoxy) is 2. The fourth-order valence-electron chi connectivity index (χ4n) is 3.40. The number of halogens is 6. The Morgan fingerprint density at radius 2 is 0.967 bits per heavy atom. The van der Waals surface area contributed by atoms with Gasteiger partial charge in [-0.15, -0.1) is 0 Å². The minimum atomic E-state index is -4.62. The Kier molecular flexibility index (Phi) is 13.6. The summed E-state index contributed by atoms with van der Waals surface area (Å²) in [5, 5.41) is 0. The second-order valence-electron chi connectivity index (χ2n) is 9.30. The maximum atomic E-state index is 12.4. The molecule has 0 aliphatic rings. The highest BCUT2D eigenvalue weighted by Crippen LogP contribution is 2.29. The van der Waals surface area contributed by atoms with Crippen molar-refractivity contribution in [2.24, 2.45) is 17.8 Å². The van der Waals surface area contributed by atoms with E-state index in [-0.39, 0.29) is 6.42 Å². The van der Waals surface area contributed by atoms with Crippen molar-refractivity contribution in [3.05, 3.63) is 0 Å². The van der Waals surface area contributed by atoms with Crippen molar-refractivity contribution in [3.8, 4) is 0 Å². The fraction of sp³-hybridized carbons (Fsp3) is 1.00. The molecule has 0 bridgehead atoms. The summed E-state index contributed by atoms with van der Waals surface area (Å²) in [6, 6.07) is 0. The average Bonchev–Trinajstić information content (AvgIpc) is 2.57. The molecule has 0 spiro atoms. The van der Waals surface area contributed by atoms with Gasteiger partial charge in [-0.2, -0.15) is 26.3 Å². The molecule has 2 nitrogen and oxygen atoms in total. The molecular formula is C22H40F6O2. The smallest absolute Gasteiger partial charge is 0.341 e. The van der Waals surface area contributed by atoms with Gasteiger partial charge >= 0.3 is 12.4 Å². The lowest BCUT2D eigenvalue weighted by atomic mass is 9.91. The minimum Gasteiger partial charge on any atom is -0.341 e. The molecule has 0 rings (SSSR count). The molecule has 8 heteroatoms. The molecule has 0 saturated carbocycles. The molecule has 0 aromatic rings. The van der Waals surface area contributed by atoms with E-state index in [1.165, 1.54) is 19.3 Å². The lowest BCUT2D eigenvalue weighted by molar-refractivity contribution is -0.305. The zero-order chi connectivity index (χ0) is 23.4. The summed E-state index contributed by atoms with van der Waals surface area (Å²) in [5.41, 5.74) is 0. The quantitative estimate of drug-likeness (QED) is 0.174. The second kappa shape index (κ2) is 13.8. The topological polar surface area (TPSA) is 18.5 Å². The number of rotatable bonds is 16. The summed E-state index contributed by atoms with van der Waals surface area (Å²) in [6.45, 7) is 6.64. The summed E-state index contributed by atoms with van der Waals surface area (Å²) in [5.74, 6) is -0.161. The third-order valence-electron chi connectivity index (χ3n) is 5.28. The highest BCUT2D eigenvalue weighted by atomic mass is 19.4. The van der Waals surface area contributed by atoms with Gasteiger partial charge in [-0.3, -0.25) is 0 Å². The van der Waals surface area contributed by atoms with Gasteiger partial charge in [-0.25, -0.2) is 0 Å². The first-order valence-electron chi connectivity index (χ1n) is 11.0. The molecule has 0 aromatic carbocycles. The summed E-state index contributed by atoms with van der Waals surface area (Å²) in [4.78, 5) is 0. The second-order valence-corrected chi connectivity index (χ2v) is 9.30. The van der Waals surface area contributed by atoms with Crippen LogP contribution in [0.25, 0.3) is 0 Å². The van der Waals surface area contributed by atoms with Crippen LogP contribution < -0.4 is 0 Å². The SMILES string of the molecule is CC(C)CCC[C@@H](C)CCCC(C)CCCC(C)(OCC(F)(F)F)OCC(F)(F)F. The van der Waals surface area contributed by atoms with E-state index in [4.69, 9.17) is 9.47 Å². The standard InChI is InChI=1S/C22H40F6O2/c1-17(2)9-6-10-18(3)11-7-12-19(4)13-8-14-20(5,29-15-21(23,24)25)30-16-22(26,27)28/h17-19H,6-16H2,1-5H3/t18-,19?/m1/s1. The lowest BCUT2D eigenvalue weighted by Gasteiger charge is -2.31. The van der Waals surface area contributed by atoms with Crippen molar-refractivity contribution in [2.45, 2.75) is 111 Å². The summed E-state index contributed by atoms with van der Waals surface area (Å²) >= 11 is 0. The zero-order valence-electron chi connectivity index (χ0n) is 19.1. The van der Waals surface area contributed by atoms with Crippen LogP contribution in [0.3, 0.4) is 0 Å². The Morgan fingerprint density at radius 1 is 0.600 bits per heavy atom. The van der Waals surface area contributed by atoms with E-state index in [1.54, 1.807) is 0 Å². The third kappa shape index (κ3) is 18.3. The molecule has 0 aliphatic heterocycles. The Bertz CT molecular complexity index is 416. The molecule has 0 N–H and O–H groups in total. The van der Waals surface area contributed by atoms with E-state index in [1.807, 2.05) is 0 Å². The van der Waals surface area contributed by atoms with Crippen molar-refractivity contribution in [1.29, 1.82) is 0 Å². The Morgan fingerprint density at radius 3 is 1.33 bits per heavy atom. The molecule has 0 heterocycles. The summed E-state index contributed by atoms with van der Waals surface area (Å²) < 4.78 is 84.0. The number of alkyl halides is 6. The van der Waals surface area contributed by atoms with Gasteiger partial charge in [0.1, 0.15) is 13.2 Å². The molecule has 0 aromatic heterocycles. The van der Waals surface area contributed by atoms with Gasteiger partial charge < -0.3 is 9.47 Å². The predicted molar refractivity (Wildman–Crippen MR) is 107 cm³/mol. The molecule has 2 atom stereocenters. The molecule has 182 valence electrons. The Balaban J connectivity index is 4.27. The monoisotopic (exact) mass is 450 g/mol. The molecule has 30 heavy (non-hydrogen) atoms. The van der Waals surface area contributed by atoms with Crippen molar-refractivity contribution in [1.82, 2.24) is 0 Å². The van der Waals surface area contributed by atoms with E-state index in [0.717, 1.165) is 32.1 Å². The van der Waals surface area contributed by atoms with Crippen LogP contribution >= 0.6 is 0 Å². The Hall–Kier alpha value is -0.500. The van der Waals surface area contributed by atoms with Crippen LogP contribution in [0, 0.1) is 17.8 Å². The Labute approximate surface area is 178 Å². The van der Waals surface area contributed by atoms with Crippen molar-refractivity contribution < 1.29 is 35.8 Å². The molecule has 0 saturated heterocycles. The van der Waals surface area contributed by atoms with Crippen LogP contribution in [-0.2, 0) is 9.47 Å². The van der Waals surface area contributed by atoms with Crippen LogP contribution in [-0.4, -0.2) is 31.4 Å². The predicted octanol–water partition coefficient (Wildman–Crippen LogP) is 8.30.